The lowest BCUT2D eigenvalue weighted by Gasteiger charge is -2.21. The van der Waals surface area contributed by atoms with Crippen molar-refractivity contribution in [2.75, 3.05) is 13.6 Å². The molecule has 0 saturated carbocycles. The van der Waals surface area contributed by atoms with Crippen LogP contribution in [0, 0.1) is 5.92 Å². The molecule has 1 unspecified atom stereocenters. The van der Waals surface area contributed by atoms with Crippen molar-refractivity contribution in [2.24, 2.45) is 11.7 Å². The minimum absolute atomic E-state index is 0.0638. The highest BCUT2D eigenvalue weighted by atomic mass is 35.5. The predicted octanol–water partition coefficient (Wildman–Crippen LogP) is 2.94. The van der Waals surface area contributed by atoms with Crippen LogP contribution in [0.4, 0.5) is 0 Å². The fraction of sp³-hybridized carbons (Fsp3) is 0.462. The number of carbonyl (C=O) groups excluding carboxylic acids is 1. The summed E-state index contributed by atoms with van der Waals surface area (Å²) in [7, 11) is 1.76. The third-order valence-corrected chi connectivity index (χ3v) is 3.41. The fourth-order valence-electron chi connectivity index (χ4n) is 1.73. The van der Waals surface area contributed by atoms with E-state index in [1.165, 1.54) is 0 Å². The zero-order valence-corrected chi connectivity index (χ0v) is 12.1. The number of hydrogen-bond acceptors (Lipinski definition) is 2. The van der Waals surface area contributed by atoms with Crippen LogP contribution in [0.25, 0.3) is 0 Å². The standard InChI is InChI=1S/C13H18Cl2N2O/c1-9(5-6-16)13(18)17(2)8-10-3-4-11(14)7-12(10)15/h3-4,7,9H,5-6,8,16H2,1-2H3. The van der Waals surface area contributed by atoms with E-state index in [0.717, 1.165) is 5.56 Å². The van der Waals surface area contributed by atoms with Crippen LogP contribution in [-0.2, 0) is 11.3 Å². The summed E-state index contributed by atoms with van der Waals surface area (Å²) in [6.07, 6.45) is 0.692. The molecule has 0 spiro atoms. The van der Waals surface area contributed by atoms with Crippen LogP contribution in [0.5, 0.6) is 0 Å². The van der Waals surface area contributed by atoms with E-state index in [-0.39, 0.29) is 11.8 Å². The summed E-state index contributed by atoms with van der Waals surface area (Å²) in [5.41, 5.74) is 6.34. The van der Waals surface area contributed by atoms with Gasteiger partial charge in [-0.15, -0.1) is 0 Å². The van der Waals surface area contributed by atoms with Crippen molar-refractivity contribution in [3.63, 3.8) is 0 Å². The first kappa shape index (κ1) is 15.3. The average Bonchev–Trinajstić information content (AvgIpc) is 2.32. The third kappa shape index (κ3) is 4.16. The van der Waals surface area contributed by atoms with Crippen molar-refractivity contribution in [1.82, 2.24) is 4.90 Å². The first-order valence-electron chi connectivity index (χ1n) is 5.84. The van der Waals surface area contributed by atoms with Crippen LogP contribution >= 0.6 is 23.2 Å². The van der Waals surface area contributed by atoms with Crippen molar-refractivity contribution >= 4 is 29.1 Å². The molecule has 1 aromatic carbocycles. The Morgan fingerprint density at radius 2 is 2.11 bits per heavy atom. The molecule has 0 bridgehead atoms. The number of nitrogens with zero attached hydrogens (tertiary/aromatic N) is 1. The largest absolute Gasteiger partial charge is 0.341 e. The number of benzene rings is 1. The minimum atomic E-state index is -0.0638. The molecule has 1 aromatic rings. The molecule has 0 fully saturated rings. The number of amides is 1. The van der Waals surface area contributed by atoms with Crippen LogP contribution in [0.3, 0.4) is 0 Å². The Kier molecular flexibility index (Phi) is 5.93. The van der Waals surface area contributed by atoms with Gasteiger partial charge in [-0.25, -0.2) is 0 Å². The Morgan fingerprint density at radius 1 is 1.44 bits per heavy atom. The summed E-state index contributed by atoms with van der Waals surface area (Å²) in [4.78, 5) is 13.7. The monoisotopic (exact) mass is 288 g/mol. The average molecular weight is 289 g/mol. The van der Waals surface area contributed by atoms with Gasteiger partial charge in [-0.2, -0.15) is 0 Å². The molecule has 0 radical (unpaired) electrons. The van der Waals surface area contributed by atoms with Gasteiger partial charge in [0.25, 0.3) is 0 Å². The molecule has 100 valence electrons. The van der Waals surface area contributed by atoms with Crippen LogP contribution in [0.1, 0.15) is 18.9 Å². The lowest BCUT2D eigenvalue weighted by Crippen LogP contribution is -2.32. The highest BCUT2D eigenvalue weighted by Crippen LogP contribution is 2.22. The smallest absolute Gasteiger partial charge is 0.225 e. The summed E-state index contributed by atoms with van der Waals surface area (Å²) < 4.78 is 0. The molecule has 1 rings (SSSR count). The Hall–Kier alpha value is -0.770. The summed E-state index contributed by atoms with van der Waals surface area (Å²) >= 11 is 11.9. The quantitative estimate of drug-likeness (QED) is 0.906. The van der Waals surface area contributed by atoms with Crippen molar-refractivity contribution in [3.8, 4) is 0 Å². The topological polar surface area (TPSA) is 46.3 Å². The molecule has 18 heavy (non-hydrogen) atoms. The first-order valence-corrected chi connectivity index (χ1v) is 6.60. The van der Waals surface area contributed by atoms with Crippen LogP contribution in [0.2, 0.25) is 10.0 Å². The zero-order chi connectivity index (χ0) is 13.7. The van der Waals surface area contributed by atoms with Gasteiger partial charge in [-0.05, 0) is 30.7 Å². The highest BCUT2D eigenvalue weighted by molar-refractivity contribution is 6.35. The number of nitrogens with two attached hydrogens (primary N) is 1. The van der Waals surface area contributed by atoms with Gasteiger partial charge in [-0.1, -0.05) is 36.2 Å². The molecular weight excluding hydrogens is 271 g/mol. The number of halogens is 2. The Morgan fingerprint density at radius 3 is 2.67 bits per heavy atom. The van der Waals surface area contributed by atoms with E-state index in [0.29, 0.717) is 29.6 Å². The van der Waals surface area contributed by atoms with Gasteiger partial charge in [0.1, 0.15) is 0 Å². The van der Waals surface area contributed by atoms with Gasteiger partial charge >= 0.3 is 0 Å². The number of carbonyl (C=O) groups is 1. The van der Waals surface area contributed by atoms with Crippen molar-refractivity contribution in [2.45, 2.75) is 19.9 Å². The predicted molar refractivity (Wildman–Crippen MR) is 75.8 cm³/mol. The van der Waals surface area contributed by atoms with Crippen molar-refractivity contribution in [3.05, 3.63) is 33.8 Å². The molecule has 5 heteroatoms. The normalized spacial score (nSPS) is 12.3. The molecule has 3 nitrogen and oxygen atoms in total. The number of hydrogen-bond donors (Lipinski definition) is 1. The maximum Gasteiger partial charge on any atom is 0.225 e. The second-order valence-electron chi connectivity index (χ2n) is 4.41. The molecule has 1 atom stereocenters. The molecular formula is C13H18Cl2N2O. The SMILES string of the molecule is CC(CCN)C(=O)N(C)Cc1ccc(Cl)cc1Cl. The lowest BCUT2D eigenvalue weighted by atomic mass is 10.1. The number of rotatable bonds is 5. The Labute approximate surface area is 118 Å². The molecule has 0 heterocycles. The van der Waals surface area contributed by atoms with Crippen molar-refractivity contribution < 1.29 is 4.79 Å². The lowest BCUT2D eigenvalue weighted by molar-refractivity contribution is -0.134. The van der Waals surface area contributed by atoms with Gasteiger partial charge in [0, 0.05) is 29.6 Å². The molecule has 0 aliphatic heterocycles. The maximum absolute atomic E-state index is 12.0. The van der Waals surface area contributed by atoms with Gasteiger partial charge < -0.3 is 10.6 Å². The zero-order valence-electron chi connectivity index (χ0n) is 10.6. The van der Waals surface area contributed by atoms with Gasteiger partial charge in [0.05, 0.1) is 0 Å². The van der Waals surface area contributed by atoms with Gasteiger partial charge in [-0.3, -0.25) is 4.79 Å². The van der Waals surface area contributed by atoms with Crippen LogP contribution in [-0.4, -0.2) is 24.4 Å². The van der Waals surface area contributed by atoms with Crippen LogP contribution < -0.4 is 5.73 Å². The molecule has 0 aliphatic carbocycles. The van der Waals surface area contributed by atoms with E-state index in [9.17, 15) is 4.79 Å². The molecule has 0 aromatic heterocycles. The maximum atomic E-state index is 12.0. The van der Waals surface area contributed by atoms with E-state index in [4.69, 9.17) is 28.9 Å². The molecule has 1 amide bonds. The van der Waals surface area contributed by atoms with Gasteiger partial charge in [0.15, 0.2) is 0 Å². The van der Waals surface area contributed by atoms with E-state index in [1.54, 1.807) is 24.1 Å². The minimum Gasteiger partial charge on any atom is -0.341 e. The van der Waals surface area contributed by atoms with E-state index in [1.807, 2.05) is 13.0 Å². The summed E-state index contributed by atoms with van der Waals surface area (Å²) in [6, 6.07) is 5.28. The first-order chi connectivity index (χ1) is 8.45. The molecule has 0 saturated heterocycles. The fourth-order valence-corrected chi connectivity index (χ4v) is 2.20. The Bertz CT molecular complexity index is 423. The van der Waals surface area contributed by atoms with E-state index >= 15 is 0 Å². The van der Waals surface area contributed by atoms with E-state index < -0.39 is 0 Å². The molecule has 0 aliphatic rings. The third-order valence-electron chi connectivity index (χ3n) is 2.82. The second kappa shape index (κ2) is 6.98. The van der Waals surface area contributed by atoms with E-state index in [2.05, 4.69) is 0 Å². The highest BCUT2D eigenvalue weighted by Gasteiger charge is 2.17. The summed E-state index contributed by atoms with van der Waals surface area (Å²) in [5.74, 6) is 0.0116. The Balaban J connectivity index is 2.69. The summed E-state index contributed by atoms with van der Waals surface area (Å²) in [6.45, 7) is 2.88. The molecule has 2 N–H and O–H groups in total. The summed E-state index contributed by atoms with van der Waals surface area (Å²) in [5, 5.41) is 1.17. The van der Waals surface area contributed by atoms with Crippen molar-refractivity contribution in [1.29, 1.82) is 0 Å². The van der Waals surface area contributed by atoms with Crippen LogP contribution in [0.15, 0.2) is 18.2 Å². The second-order valence-corrected chi connectivity index (χ2v) is 5.25. The van der Waals surface area contributed by atoms with Gasteiger partial charge in [0.2, 0.25) is 5.91 Å².